The first-order valence-corrected chi connectivity index (χ1v) is 7.43. The minimum Gasteiger partial charge on any atom is -0.436 e. The van der Waals surface area contributed by atoms with Gasteiger partial charge in [0.15, 0.2) is 5.58 Å². The number of oxazole rings is 1. The lowest BCUT2D eigenvalue weighted by Gasteiger charge is -1.99. The van der Waals surface area contributed by atoms with Crippen LogP contribution >= 0.6 is 43.5 Å². The highest BCUT2D eigenvalue weighted by atomic mass is 79.9. The summed E-state index contributed by atoms with van der Waals surface area (Å²) in [6.07, 6.45) is 0. The van der Waals surface area contributed by atoms with Gasteiger partial charge < -0.3 is 10.2 Å². The van der Waals surface area contributed by atoms with Crippen molar-refractivity contribution in [1.29, 1.82) is 0 Å². The van der Waals surface area contributed by atoms with Crippen molar-refractivity contribution in [3.8, 4) is 11.5 Å². The van der Waals surface area contributed by atoms with Crippen LogP contribution in [0.5, 0.6) is 0 Å². The third-order valence-corrected chi connectivity index (χ3v) is 4.55. The lowest BCUT2D eigenvalue weighted by Crippen LogP contribution is -1.89. The van der Waals surface area contributed by atoms with Crippen LogP contribution in [-0.4, -0.2) is 4.98 Å². The second kappa shape index (κ2) is 5.02. The van der Waals surface area contributed by atoms with Gasteiger partial charge in [0, 0.05) is 4.47 Å². The molecule has 102 valence electrons. The standard InChI is InChI=1S/C13H6Br2ClFN2O/c14-7-4-9-12(10(15)11(7)18)19-13(20-9)6-2-1-5(17)3-8(6)16/h1-4H,18H2. The van der Waals surface area contributed by atoms with Crippen LogP contribution in [0.2, 0.25) is 5.02 Å². The van der Waals surface area contributed by atoms with Crippen LogP contribution in [0.25, 0.3) is 22.6 Å². The fraction of sp³-hybridized carbons (Fsp3) is 0. The number of hydrogen-bond donors (Lipinski definition) is 1. The van der Waals surface area contributed by atoms with Crippen molar-refractivity contribution in [2.75, 3.05) is 5.73 Å². The van der Waals surface area contributed by atoms with Crippen LogP contribution in [0, 0.1) is 5.82 Å². The first-order valence-electron chi connectivity index (χ1n) is 5.47. The van der Waals surface area contributed by atoms with Gasteiger partial charge in [-0.1, -0.05) is 11.6 Å². The van der Waals surface area contributed by atoms with Gasteiger partial charge in [-0.05, 0) is 56.1 Å². The summed E-state index contributed by atoms with van der Waals surface area (Å²) in [5.41, 5.74) is 8.08. The molecule has 2 aromatic carbocycles. The Labute approximate surface area is 135 Å². The number of fused-ring (bicyclic) bond motifs is 1. The van der Waals surface area contributed by atoms with Gasteiger partial charge in [0.05, 0.1) is 20.7 Å². The van der Waals surface area contributed by atoms with E-state index >= 15 is 0 Å². The summed E-state index contributed by atoms with van der Waals surface area (Å²) in [6, 6.07) is 5.76. The van der Waals surface area contributed by atoms with Crippen molar-refractivity contribution >= 4 is 60.2 Å². The SMILES string of the molecule is Nc1c(Br)cc2oc(-c3ccc(F)cc3Cl)nc2c1Br. The fourth-order valence-corrected chi connectivity index (χ4v) is 3.21. The molecule has 0 bridgehead atoms. The quantitative estimate of drug-likeness (QED) is 0.537. The predicted octanol–water partition coefficient (Wildman–Crippen LogP) is 5.39. The second-order valence-corrected chi connectivity index (χ2v) is 6.13. The zero-order valence-electron chi connectivity index (χ0n) is 9.75. The first kappa shape index (κ1) is 13.9. The van der Waals surface area contributed by atoms with Crippen molar-refractivity contribution in [1.82, 2.24) is 4.98 Å². The van der Waals surface area contributed by atoms with Crippen LogP contribution in [0.1, 0.15) is 0 Å². The van der Waals surface area contributed by atoms with E-state index in [1.165, 1.54) is 18.2 Å². The van der Waals surface area contributed by atoms with E-state index in [0.717, 1.165) is 0 Å². The average Bonchev–Trinajstić information content (AvgIpc) is 2.80. The molecule has 7 heteroatoms. The Kier molecular flexibility index (Phi) is 3.48. The maximum absolute atomic E-state index is 13.1. The van der Waals surface area contributed by atoms with E-state index in [9.17, 15) is 4.39 Å². The zero-order chi connectivity index (χ0) is 14.4. The van der Waals surface area contributed by atoms with Crippen molar-refractivity contribution in [3.05, 3.63) is 44.1 Å². The van der Waals surface area contributed by atoms with E-state index in [0.29, 0.717) is 37.2 Å². The van der Waals surface area contributed by atoms with Crippen LogP contribution in [-0.2, 0) is 0 Å². The Morgan fingerprint density at radius 3 is 2.70 bits per heavy atom. The van der Waals surface area contributed by atoms with E-state index in [1.807, 2.05) is 0 Å². The Morgan fingerprint density at radius 1 is 1.25 bits per heavy atom. The highest BCUT2D eigenvalue weighted by Crippen LogP contribution is 2.38. The molecule has 20 heavy (non-hydrogen) atoms. The molecule has 0 saturated carbocycles. The average molecular weight is 420 g/mol. The van der Waals surface area contributed by atoms with Gasteiger partial charge in [-0.3, -0.25) is 0 Å². The molecular formula is C13H6Br2ClFN2O. The van der Waals surface area contributed by atoms with Crippen LogP contribution < -0.4 is 5.73 Å². The lowest BCUT2D eigenvalue weighted by molar-refractivity contribution is 0.616. The third kappa shape index (κ3) is 2.21. The molecule has 0 aliphatic carbocycles. The van der Waals surface area contributed by atoms with Gasteiger partial charge in [0.1, 0.15) is 11.3 Å². The maximum atomic E-state index is 13.1. The number of aromatic nitrogens is 1. The van der Waals surface area contributed by atoms with E-state index in [4.69, 9.17) is 21.8 Å². The van der Waals surface area contributed by atoms with E-state index in [1.54, 1.807) is 6.07 Å². The van der Waals surface area contributed by atoms with E-state index in [-0.39, 0.29) is 5.02 Å². The Bertz CT molecular complexity index is 835. The number of nitrogen functional groups attached to an aromatic ring is 1. The van der Waals surface area contributed by atoms with Crippen molar-refractivity contribution < 1.29 is 8.81 Å². The number of hydrogen-bond acceptors (Lipinski definition) is 3. The van der Waals surface area contributed by atoms with Gasteiger partial charge in [-0.2, -0.15) is 0 Å². The number of nitrogens with zero attached hydrogens (tertiary/aromatic N) is 1. The molecule has 0 atom stereocenters. The number of halogens is 4. The highest BCUT2D eigenvalue weighted by Gasteiger charge is 2.16. The molecular weight excluding hydrogens is 414 g/mol. The second-order valence-electron chi connectivity index (χ2n) is 4.08. The molecule has 0 saturated heterocycles. The Hall–Kier alpha value is -1.11. The van der Waals surface area contributed by atoms with E-state index in [2.05, 4.69) is 36.8 Å². The lowest BCUT2D eigenvalue weighted by atomic mass is 10.2. The molecule has 0 amide bonds. The molecule has 3 aromatic rings. The number of nitrogens with two attached hydrogens (primary N) is 1. The summed E-state index contributed by atoms with van der Waals surface area (Å²) >= 11 is 12.7. The normalized spacial score (nSPS) is 11.2. The maximum Gasteiger partial charge on any atom is 0.228 e. The van der Waals surface area contributed by atoms with E-state index < -0.39 is 5.82 Å². The summed E-state index contributed by atoms with van der Waals surface area (Å²) in [4.78, 5) is 4.35. The van der Waals surface area contributed by atoms with Crippen molar-refractivity contribution in [3.63, 3.8) is 0 Å². The summed E-state index contributed by atoms with van der Waals surface area (Å²) in [7, 11) is 0. The minimum absolute atomic E-state index is 0.236. The fourth-order valence-electron chi connectivity index (χ4n) is 1.79. The topological polar surface area (TPSA) is 52.0 Å². The minimum atomic E-state index is -0.414. The molecule has 0 fully saturated rings. The first-order chi connectivity index (χ1) is 9.47. The Morgan fingerprint density at radius 2 is 2.00 bits per heavy atom. The largest absolute Gasteiger partial charge is 0.436 e. The number of anilines is 1. The molecule has 0 aliphatic rings. The number of benzene rings is 2. The van der Waals surface area contributed by atoms with Gasteiger partial charge in [-0.15, -0.1) is 0 Å². The smallest absolute Gasteiger partial charge is 0.228 e. The van der Waals surface area contributed by atoms with Crippen LogP contribution in [0.15, 0.2) is 37.6 Å². The Balaban J connectivity index is 2.26. The summed E-state index contributed by atoms with van der Waals surface area (Å²) < 4.78 is 20.1. The summed E-state index contributed by atoms with van der Waals surface area (Å²) in [5, 5.41) is 0.236. The monoisotopic (exact) mass is 418 g/mol. The molecule has 1 heterocycles. The summed E-state index contributed by atoms with van der Waals surface area (Å²) in [5.74, 6) is -0.105. The molecule has 2 N–H and O–H groups in total. The molecule has 0 radical (unpaired) electrons. The van der Waals surface area contributed by atoms with Gasteiger partial charge in [0.25, 0.3) is 0 Å². The molecule has 0 aliphatic heterocycles. The van der Waals surface area contributed by atoms with Gasteiger partial charge in [0.2, 0.25) is 5.89 Å². The molecule has 3 nitrogen and oxygen atoms in total. The third-order valence-electron chi connectivity index (χ3n) is 2.77. The number of rotatable bonds is 1. The van der Waals surface area contributed by atoms with Crippen molar-refractivity contribution in [2.45, 2.75) is 0 Å². The predicted molar refractivity (Wildman–Crippen MR) is 84.2 cm³/mol. The van der Waals surface area contributed by atoms with Crippen LogP contribution in [0.4, 0.5) is 10.1 Å². The summed E-state index contributed by atoms with van der Waals surface area (Å²) in [6.45, 7) is 0. The molecule has 3 rings (SSSR count). The molecule has 0 unspecified atom stereocenters. The molecule has 1 aromatic heterocycles. The van der Waals surface area contributed by atoms with Crippen molar-refractivity contribution in [2.24, 2.45) is 0 Å². The van der Waals surface area contributed by atoms with Gasteiger partial charge in [-0.25, -0.2) is 9.37 Å². The highest BCUT2D eigenvalue weighted by molar-refractivity contribution is 9.11. The van der Waals surface area contributed by atoms with Gasteiger partial charge >= 0.3 is 0 Å². The molecule has 0 spiro atoms. The zero-order valence-corrected chi connectivity index (χ0v) is 13.7. The van der Waals surface area contributed by atoms with Crippen LogP contribution in [0.3, 0.4) is 0 Å².